The molecule has 12 heavy (non-hydrogen) atoms. The van der Waals surface area contributed by atoms with Crippen LogP contribution in [-0.2, 0) is 0 Å². The summed E-state index contributed by atoms with van der Waals surface area (Å²) in [6.45, 7) is 5.37. The lowest BCUT2D eigenvalue weighted by Gasteiger charge is -2.03. The summed E-state index contributed by atoms with van der Waals surface area (Å²) in [6, 6.07) is 0. The van der Waals surface area contributed by atoms with Gasteiger partial charge in [-0.1, -0.05) is 25.2 Å². The summed E-state index contributed by atoms with van der Waals surface area (Å²) >= 11 is 6.37. The van der Waals surface area contributed by atoms with E-state index in [-0.39, 0.29) is 0 Å². The third kappa shape index (κ3) is 3.32. The van der Waals surface area contributed by atoms with Crippen LogP contribution in [0.1, 0.15) is 20.3 Å². The molecular weight excluding hydrogens is 190 g/mol. The average Bonchev–Trinajstić information content (AvgIpc) is 2.35. The van der Waals surface area contributed by atoms with Gasteiger partial charge in [0.1, 0.15) is 0 Å². The van der Waals surface area contributed by atoms with Crippen LogP contribution >= 0.6 is 23.6 Å². The van der Waals surface area contributed by atoms with E-state index < -0.39 is 0 Å². The lowest BCUT2D eigenvalue weighted by atomic mass is 10.1. The van der Waals surface area contributed by atoms with Crippen LogP contribution in [-0.4, -0.2) is 16.7 Å². The molecule has 5 heteroatoms. The second-order valence-corrected chi connectivity index (χ2v) is 4.69. The van der Waals surface area contributed by atoms with Gasteiger partial charge in [0.15, 0.2) is 3.95 Å². The van der Waals surface area contributed by atoms with Crippen LogP contribution in [0, 0.1) is 9.87 Å². The molecule has 1 heterocycles. The molecular formula is C7H13N3S2. The predicted molar refractivity (Wildman–Crippen MR) is 55.2 cm³/mol. The van der Waals surface area contributed by atoms with E-state index in [2.05, 4.69) is 29.4 Å². The van der Waals surface area contributed by atoms with Crippen LogP contribution in [0.4, 0.5) is 5.13 Å². The molecule has 1 aromatic rings. The number of hydrogen-bond acceptors (Lipinski definition) is 4. The molecule has 0 spiro atoms. The summed E-state index contributed by atoms with van der Waals surface area (Å²) < 4.78 is 0.724. The van der Waals surface area contributed by atoms with Gasteiger partial charge >= 0.3 is 0 Å². The number of aromatic amines is 1. The van der Waals surface area contributed by atoms with Crippen LogP contribution in [0.5, 0.6) is 0 Å². The molecule has 68 valence electrons. The van der Waals surface area contributed by atoms with Gasteiger partial charge in [0.05, 0.1) is 0 Å². The number of anilines is 1. The van der Waals surface area contributed by atoms with Crippen molar-refractivity contribution in [3.05, 3.63) is 3.95 Å². The molecule has 0 aliphatic rings. The third-order valence-electron chi connectivity index (χ3n) is 1.44. The van der Waals surface area contributed by atoms with Gasteiger partial charge in [-0.3, -0.25) is 5.10 Å². The van der Waals surface area contributed by atoms with E-state index in [9.17, 15) is 0 Å². The Hall–Kier alpha value is -0.420. The largest absolute Gasteiger partial charge is 0.360 e. The Morgan fingerprint density at radius 1 is 1.67 bits per heavy atom. The molecule has 2 N–H and O–H groups in total. The maximum atomic E-state index is 4.90. The van der Waals surface area contributed by atoms with Crippen LogP contribution in [0.15, 0.2) is 0 Å². The van der Waals surface area contributed by atoms with Crippen molar-refractivity contribution in [1.29, 1.82) is 0 Å². The minimum Gasteiger partial charge on any atom is -0.360 e. The molecule has 0 radical (unpaired) electrons. The molecule has 1 rings (SSSR count). The number of nitrogens with one attached hydrogen (secondary N) is 2. The molecule has 0 fully saturated rings. The molecule has 0 saturated carbocycles. The predicted octanol–water partition coefficient (Wildman–Crippen LogP) is 2.66. The number of rotatable bonds is 4. The van der Waals surface area contributed by atoms with E-state index in [1.807, 2.05) is 0 Å². The van der Waals surface area contributed by atoms with Gasteiger partial charge in [0.25, 0.3) is 0 Å². The Balaban J connectivity index is 2.29. The zero-order valence-corrected chi connectivity index (χ0v) is 8.89. The normalized spacial score (nSPS) is 10.6. The van der Waals surface area contributed by atoms with Crippen molar-refractivity contribution in [1.82, 2.24) is 10.2 Å². The van der Waals surface area contributed by atoms with Gasteiger partial charge in [0.2, 0.25) is 5.13 Å². The second-order valence-electron chi connectivity index (χ2n) is 3.03. The highest BCUT2D eigenvalue weighted by Crippen LogP contribution is 2.11. The second kappa shape index (κ2) is 4.57. The van der Waals surface area contributed by atoms with Crippen LogP contribution in [0.3, 0.4) is 0 Å². The Bertz CT molecular complexity index is 276. The smallest absolute Gasteiger partial charge is 0.204 e. The molecule has 0 aromatic carbocycles. The monoisotopic (exact) mass is 203 g/mol. The van der Waals surface area contributed by atoms with Crippen molar-refractivity contribution >= 4 is 28.7 Å². The van der Waals surface area contributed by atoms with Crippen molar-refractivity contribution in [2.75, 3.05) is 11.9 Å². The number of H-pyrrole nitrogens is 1. The topological polar surface area (TPSA) is 40.7 Å². The highest BCUT2D eigenvalue weighted by molar-refractivity contribution is 7.73. The van der Waals surface area contributed by atoms with Gasteiger partial charge in [-0.05, 0) is 24.6 Å². The molecule has 1 aromatic heterocycles. The number of aromatic nitrogens is 2. The van der Waals surface area contributed by atoms with Crippen LogP contribution in [0.2, 0.25) is 0 Å². The molecule has 0 aliphatic carbocycles. The fourth-order valence-electron chi connectivity index (χ4n) is 0.773. The fourth-order valence-corrected chi connectivity index (χ4v) is 1.59. The fraction of sp³-hybridized carbons (Fsp3) is 0.714. The number of hydrogen-bond donors (Lipinski definition) is 2. The van der Waals surface area contributed by atoms with Gasteiger partial charge in [-0.2, -0.15) is 0 Å². The van der Waals surface area contributed by atoms with E-state index in [0.29, 0.717) is 0 Å². The minimum absolute atomic E-state index is 0.724. The maximum Gasteiger partial charge on any atom is 0.204 e. The average molecular weight is 203 g/mol. The zero-order valence-electron chi connectivity index (χ0n) is 7.26. The van der Waals surface area contributed by atoms with Crippen molar-refractivity contribution in [3.8, 4) is 0 Å². The molecule has 3 nitrogen and oxygen atoms in total. The minimum atomic E-state index is 0.724. The summed E-state index contributed by atoms with van der Waals surface area (Å²) in [5, 5.41) is 10.8. The Morgan fingerprint density at radius 2 is 2.42 bits per heavy atom. The van der Waals surface area contributed by atoms with Gasteiger partial charge in [-0.25, -0.2) is 0 Å². The summed E-state index contributed by atoms with van der Waals surface area (Å²) in [7, 11) is 0. The van der Waals surface area contributed by atoms with Crippen molar-refractivity contribution < 1.29 is 0 Å². The van der Waals surface area contributed by atoms with Gasteiger partial charge in [0, 0.05) is 6.54 Å². The molecule has 0 atom stereocenters. The van der Waals surface area contributed by atoms with E-state index in [0.717, 1.165) is 28.0 Å². The molecule has 0 amide bonds. The summed E-state index contributed by atoms with van der Waals surface area (Å²) in [6.07, 6.45) is 1.16. The quantitative estimate of drug-likeness (QED) is 0.739. The first-order chi connectivity index (χ1) is 5.68. The molecule has 0 bridgehead atoms. The SMILES string of the molecule is CC(C)CCNc1n[nH]c(=S)s1. The number of nitrogens with zero attached hydrogens (tertiary/aromatic N) is 1. The maximum absolute atomic E-state index is 4.90. The first-order valence-corrected chi connectivity index (χ1v) is 5.20. The van der Waals surface area contributed by atoms with Crippen molar-refractivity contribution in [3.63, 3.8) is 0 Å². The first kappa shape index (κ1) is 9.67. The van der Waals surface area contributed by atoms with E-state index >= 15 is 0 Å². The molecule has 0 aliphatic heterocycles. The summed E-state index contributed by atoms with van der Waals surface area (Å²) in [5.41, 5.74) is 0. The molecule has 0 saturated heterocycles. The van der Waals surface area contributed by atoms with Gasteiger partial charge < -0.3 is 5.32 Å². The van der Waals surface area contributed by atoms with Crippen LogP contribution < -0.4 is 5.32 Å². The third-order valence-corrected chi connectivity index (χ3v) is 2.48. The first-order valence-electron chi connectivity index (χ1n) is 3.98. The van der Waals surface area contributed by atoms with Crippen molar-refractivity contribution in [2.24, 2.45) is 5.92 Å². The lowest BCUT2D eigenvalue weighted by molar-refractivity contribution is 0.607. The lowest BCUT2D eigenvalue weighted by Crippen LogP contribution is -2.04. The van der Waals surface area contributed by atoms with Gasteiger partial charge in [-0.15, -0.1) is 5.10 Å². The summed E-state index contributed by atoms with van der Waals surface area (Å²) in [4.78, 5) is 0. The Labute approximate surface area is 81.2 Å². The van der Waals surface area contributed by atoms with Crippen LogP contribution in [0.25, 0.3) is 0 Å². The Kier molecular flexibility index (Phi) is 3.68. The van der Waals surface area contributed by atoms with E-state index in [4.69, 9.17) is 12.2 Å². The highest BCUT2D eigenvalue weighted by atomic mass is 32.1. The Morgan fingerprint density at radius 3 is 2.92 bits per heavy atom. The van der Waals surface area contributed by atoms with Crippen molar-refractivity contribution in [2.45, 2.75) is 20.3 Å². The summed E-state index contributed by atoms with van der Waals surface area (Å²) in [5.74, 6) is 0.726. The van der Waals surface area contributed by atoms with E-state index in [1.165, 1.54) is 11.3 Å². The standard InChI is InChI=1S/C7H13N3S2/c1-5(2)3-4-8-6-9-10-7(11)12-6/h5H,3-4H2,1-2H3,(H,8,9)(H,10,11). The zero-order chi connectivity index (χ0) is 8.97. The molecule has 0 unspecified atom stereocenters. The highest BCUT2D eigenvalue weighted by Gasteiger charge is 1.96. The van der Waals surface area contributed by atoms with E-state index in [1.54, 1.807) is 0 Å².